The Labute approximate surface area is 113 Å². The second-order valence-electron chi connectivity index (χ2n) is 4.42. The molecule has 0 spiro atoms. The van der Waals surface area contributed by atoms with Gasteiger partial charge in [-0.3, -0.25) is 4.98 Å². The maximum atomic E-state index is 8.56. The SMILES string of the molecule is OCCOCCCNCc1ccc2cnccc2c1. The number of nitrogens with zero attached hydrogens (tertiary/aromatic N) is 1. The molecule has 1 aromatic heterocycles. The van der Waals surface area contributed by atoms with E-state index in [4.69, 9.17) is 9.84 Å². The molecule has 1 heterocycles. The summed E-state index contributed by atoms with van der Waals surface area (Å²) < 4.78 is 5.20. The smallest absolute Gasteiger partial charge is 0.0697 e. The highest BCUT2D eigenvalue weighted by Crippen LogP contribution is 2.14. The first-order chi connectivity index (χ1) is 9.40. The van der Waals surface area contributed by atoms with Crippen LogP contribution in [0.2, 0.25) is 0 Å². The number of benzene rings is 1. The van der Waals surface area contributed by atoms with E-state index in [9.17, 15) is 0 Å². The number of aliphatic hydroxyl groups excluding tert-OH is 1. The van der Waals surface area contributed by atoms with Crippen molar-refractivity contribution in [2.75, 3.05) is 26.4 Å². The van der Waals surface area contributed by atoms with E-state index < -0.39 is 0 Å². The topological polar surface area (TPSA) is 54.4 Å². The number of hydrogen-bond donors (Lipinski definition) is 2. The van der Waals surface area contributed by atoms with Crippen LogP contribution in [0.1, 0.15) is 12.0 Å². The molecule has 4 heteroatoms. The summed E-state index contributed by atoms with van der Waals surface area (Å²) in [6.45, 7) is 2.99. The van der Waals surface area contributed by atoms with Gasteiger partial charge in [0, 0.05) is 30.9 Å². The normalized spacial score (nSPS) is 11.0. The van der Waals surface area contributed by atoms with E-state index in [-0.39, 0.29) is 6.61 Å². The van der Waals surface area contributed by atoms with Gasteiger partial charge in [-0.15, -0.1) is 0 Å². The highest BCUT2D eigenvalue weighted by atomic mass is 16.5. The molecule has 0 saturated heterocycles. The lowest BCUT2D eigenvalue weighted by molar-refractivity contribution is 0.0907. The van der Waals surface area contributed by atoms with E-state index in [1.807, 2.05) is 18.5 Å². The molecule has 0 fully saturated rings. The minimum atomic E-state index is 0.0966. The molecule has 102 valence electrons. The molecule has 4 nitrogen and oxygen atoms in total. The Kier molecular flexibility index (Phi) is 5.75. The van der Waals surface area contributed by atoms with Gasteiger partial charge in [-0.25, -0.2) is 0 Å². The second kappa shape index (κ2) is 7.84. The Bertz CT molecular complexity index is 502. The van der Waals surface area contributed by atoms with Gasteiger partial charge in [0.2, 0.25) is 0 Å². The third kappa shape index (κ3) is 4.59. The van der Waals surface area contributed by atoms with Gasteiger partial charge >= 0.3 is 0 Å². The monoisotopic (exact) mass is 260 g/mol. The number of aromatic nitrogens is 1. The van der Waals surface area contributed by atoms with Crippen LogP contribution in [0.15, 0.2) is 36.7 Å². The van der Waals surface area contributed by atoms with Crippen molar-refractivity contribution in [3.05, 3.63) is 42.2 Å². The van der Waals surface area contributed by atoms with Crippen LogP contribution in [0, 0.1) is 0 Å². The van der Waals surface area contributed by atoms with Gasteiger partial charge in [0.1, 0.15) is 0 Å². The Morgan fingerprint density at radius 3 is 3.00 bits per heavy atom. The van der Waals surface area contributed by atoms with Crippen molar-refractivity contribution in [2.45, 2.75) is 13.0 Å². The molecule has 0 radical (unpaired) electrons. The fourth-order valence-corrected chi connectivity index (χ4v) is 1.94. The number of rotatable bonds is 8. The third-order valence-corrected chi connectivity index (χ3v) is 2.91. The minimum Gasteiger partial charge on any atom is -0.394 e. The van der Waals surface area contributed by atoms with Crippen LogP contribution in [-0.2, 0) is 11.3 Å². The maximum Gasteiger partial charge on any atom is 0.0697 e. The number of aliphatic hydroxyl groups is 1. The van der Waals surface area contributed by atoms with Gasteiger partial charge < -0.3 is 15.2 Å². The zero-order chi connectivity index (χ0) is 13.3. The third-order valence-electron chi connectivity index (χ3n) is 2.91. The van der Waals surface area contributed by atoms with E-state index in [0.29, 0.717) is 13.2 Å². The highest BCUT2D eigenvalue weighted by molar-refractivity contribution is 5.81. The molecule has 0 atom stereocenters. The predicted octanol–water partition coefficient (Wildman–Crippen LogP) is 1.72. The largest absolute Gasteiger partial charge is 0.394 e. The summed E-state index contributed by atoms with van der Waals surface area (Å²) >= 11 is 0. The average molecular weight is 260 g/mol. The van der Waals surface area contributed by atoms with Gasteiger partial charge in [0.25, 0.3) is 0 Å². The lowest BCUT2D eigenvalue weighted by atomic mass is 10.1. The van der Waals surface area contributed by atoms with E-state index in [2.05, 4.69) is 28.5 Å². The molecule has 2 rings (SSSR count). The summed E-state index contributed by atoms with van der Waals surface area (Å²) in [4.78, 5) is 4.11. The molecule has 0 aliphatic heterocycles. The van der Waals surface area contributed by atoms with Crippen molar-refractivity contribution in [2.24, 2.45) is 0 Å². The fraction of sp³-hybridized carbons (Fsp3) is 0.400. The van der Waals surface area contributed by atoms with Crippen LogP contribution in [-0.4, -0.2) is 36.5 Å². The molecular weight excluding hydrogens is 240 g/mol. The van der Waals surface area contributed by atoms with Crippen molar-refractivity contribution < 1.29 is 9.84 Å². The lowest BCUT2D eigenvalue weighted by Crippen LogP contribution is -2.16. The number of nitrogens with one attached hydrogen (secondary N) is 1. The van der Waals surface area contributed by atoms with E-state index in [0.717, 1.165) is 19.5 Å². The van der Waals surface area contributed by atoms with Crippen LogP contribution < -0.4 is 5.32 Å². The standard InChI is InChI=1S/C15H20N2O2/c18-7-9-19-8-1-5-16-11-13-2-3-15-12-17-6-4-14(15)10-13/h2-4,6,10,12,16,18H,1,5,7-9,11H2. The maximum absolute atomic E-state index is 8.56. The summed E-state index contributed by atoms with van der Waals surface area (Å²) in [5, 5.41) is 14.3. The lowest BCUT2D eigenvalue weighted by Gasteiger charge is -2.06. The number of pyridine rings is 1. The Balaban J connectivity index is 1.72. The molecule has 0 aliphatic rings. The van der Waals surface area contributed by atoms with Crippen molar-refractivity contribution in [1.82, 2.24) is 10.3 Å². The summed E-state index contributed by atoms with van der Waals surface area (Å²) in [6, 6.07) is 8.44. The molecular formula is C15H20N2O2. The molecule has 0 saturated carbocycles. The van der Waals surface area contributed by atoms with Gasteiger partial charge in [-0.05, 0) is 36.0 Å². The van der Waals surface area contributed by atoms with Gasteiger partial charge in [-0.2, -0.15) is 0 Å². The zero-order valence-corrected chi connectivity index (χ0v) is 11.0. The Morgan fingerprint density at radius 1 is 1.16 bits per heavy atom. The predicted molar refractivity (Wildman–Crippen MR) is 76.0 cm³/mol. The summed E-state index contributed by atoms with van der Waals surface area (Å²) in [5.74, 6) is 0. The van der Waals surface area contributed by atoms with E-state index >= 15 is 0 Å². The average Bonchev–Trinajstić information content (AvgIpc) is 2.46. The molecule has 0 amide bonds. The van der Waals surface area contributed by atoms with Crippen LogP contribution in [0.3, 0.4) is 0 Å². The van der Waals surface area contributed by atoms with Crippen molar-refractivity contribution in [1.29, 1.82) is 0 Å². The van der Waals surface area contributed by atoms with Crippen LogP contribution in [0.25, 0.3) is 10.8 Å². The van der Waals surface area contributed by atoms with E-state index in [1.165, 1.54) is 16.3 Å². The summed E-state index contributed by atoms with van der Waals surface area (Å²) in [7, 11) is 0. The summed E-state index contributed by atoms with van der Waals surface area (Å²) in [6.07, 6.45) is 4.65. The van der Waals surface area contributed by atoms with Gasteiger partial charge in [-0.1, -0.05) is 12.1 Å². The molecule has 2 N–H and O–H groups in total. The molecule has 0 aliphatic carbocycles. The first kappa shape index (κ1) is 13.9. The second-order valence-corrected chi connectivity index (χ2v) is 4.42. The quantitative estimate of drug-likeness (QED) is 0.710. The molecule has 0 unspecified atom stereocenters. The van der Waals surface area contributed by atoms with Crippen LogP contribution in [0.5, 0.6) is 0 Å². The highest BCUT2D eigenvalue weighted by Gasteiger charge is 1.96. The molecule has 1 aromatic carbocycles. The number of fused-ring (bicyclic) bond motifs is 1. The van der Waals surface area contributed by atoms with Crippen LogP contribution in [0.4, 0.5) is 0 Å². The van der Waals surface area contributed by atoms with Crippen LogP contribution >= 0.6 is 0 Å². The van der Waals surface area contributed by atoms with Crippen molar-refractivity contribution >= 4 is 10.8 Å². The number of hydrogen-bond acceptors (Lipinski definition) is 4. The first-order valence-corrected chi connectivity index (χ1v) is 6.62. The van der Waals surface area contributed by atoms with Gasteiger partial charge in [0.05, 0.1) is 13.2 Å². The molecule has 0 bridgehead atoms. The summed E-state index contributed by atoms with van der Waals surface area (Å²) in [5.41, 5.74) is 1.27. The zero-order valence-electron chi connectivity index (χ0n) is 11.0. The minimum absolute atomic E-state index is 0.0966. The van der Waals surface area contributed by atoms with Crippen molar-refractivity contribution in [3.63, 3.8) is 0 Å². The first-order valence-electron chi connectivity index (χ1n) is 6.62. The Hall–Kier alpha value is -1.49. The molecule has 19 heavy (non-hydrogen) atoms. The van der Waals surface area contributed by atoms with Crippen molar-refractivity contribution in [3.8, 4) is 0 Å². The van der Waals surface area contributed by atoms with E-state index in [1.54, 1.807) is 0 Å². The Morgan fingerprint density at radius 2 is 2.11 bits per heavy atom. The molecule has 2 aromatic rings. The van der Waals surface area contributed by atoms with Gasteiger partial charge in [0.15, 0.2) is 0 Å². The number of ether oxygens (including phenoxy) is 1. The fourth-order valence-electron chi connectivity index (χ4n) is 1.94.